The van der Waals surface area contributed by atoms with Crippen LogP contribution in [0.1, 0.15) is 18.9 Å². The standard InChI is InChI=1S/C13H17N5O2S/c1-2-7-14-10-11-5-3-4-6-12(11)21(19,20)18-13-15-8-9-16-17-13/h3-6,8-9,14H,2,7,10H2,1H3,(H,15,17,18). The summed E-state index contributed by atoms with van der Waals surface area (Å²) in [5.41, 5.74) is 0.697. The van der Waals surface area contributed by atoms with Gasteiger partial charge in [0.15, 0.2) is 0 Å². The van der Waals surface area contributed by atoms with Crippen LogP contribution in [0.5, 0.6) is 0 Å². The average molecular weight is 307 g/mol. The molecule has 2 aromatic rings. The molecular weight excluding hydrogens is 290 g/mol. The van der Waals surface area contributed by atoms with Gasteiger partial charge in [-0.2, -0.15) is 5.10 Å². The van der Waals surface area contributed by atoms with Gasteiger partial charge in [-0.15, -0.1) is 5.10 Å². The van der Waals surface area contributed by atoms with Crippen LogP contribution < -0.4 is 10.0 Å². The number of hydrogen-bond donors (Lipinski definition) is 2. The number of rotatable bonds is 7. The van der Waals surface area contributed by atoms with Gasteiger partial charge < -0.3 is 5.32 Å². The minimum absolute atomic E-state index is 0.0474. The molecule has 2 rings (SSSR count). The van der Waals surface area contributed by atoms with E-state index in [-0.39, 0.29) is 10.8 Å². The lowest BCUT2D eigenvalue weighted by Gasteiger charge is -2.11. The maximum atomic E-state index is 12.4. The maximum Gasteiger partial charge on any atom is 0.264 e. The van der Waals surface area contributed by atoms with Crippen molar-refractivity contribution < 1.29 is 8.42 Å². The molecule has 0 amide bonds. The molecule has 0 saturated heterocycles. The highest BCUT2D eigenvalue weighted by Crippen LogP contribution is 2.17. The molecule has 0 aliphatic rings. The zero-order chi connectivity index (χ0) is 15.1. The molecular formula is C13H17N5O2S. The molecule has 0 aliphatic carbocycles. The number of nitrogens with one attached hydrogen (secondary N) is 2. The van der Waals surface area contributed by atoms with E-state index >= 15 is 0 Å². The summed E-state index contributed by atoms with van der Waals surface area (Å²) in [6.45, 7) is 3.36. The van der Waals surface area contributed by atoms with Crippen LogP contribution in [0.2, 0.25) is 0 Å². The van der Waals surface area contributed by atoms with Gasteiger partial charge >= 0.3 is 0 Å². The molecule has 2 N–H and O–H groups in total. The first kappa shape index (κ1) is 15.3. The van der Waals surface area contributed by atoms with Gasteiger partial charge in [-0.05, 0) is 24.6 Å². The van der Waals surface area contributed by atoms with Crippen molar-refractivity contribution in [1.82, 2.24) is 20.5 Å². The molecule has 0 atom stereocenters. The summed E-state index contributed by atoms with van der Waals surface area (Å²) in [5.74, 6) is -0.0474. The molecule has 21 heavy (non-hydrogen) atoms. The molecule has 0 bridgehead atoms. The zero-order valence-corrected chi connectivity index (χ0v) is 12.5. The molecule has 112 valence electrons. The van der Waals surface area contributed by atoms with E-state index in [1.165, 1.54) is 12.4 Å². The zero-order valence-electron chi connectivity index (χ0n) is 11.7. The number of aromatic nitrogens is 3. The fourth-order valence-corrected chi connectivity index (χ4v) is 2.97. The Morgan fingerprint density at radius 3 is 2.71 bits per heavy atom. The number of nitrogens with zero attached hydrogens (tertiary/aromatic N) is 3. The highest BCUT2D eigenvalue weighted by atomic mass is 32.2. The Kier molecular flexibility index (Phi) is 5.18. The summed E-state index contributed by atoms with van der Waals surface area (Å²) in [5, 5.41) is 10.4. The minimum Gasteiger partial charge on any atom is -0.313 e. The van der Waals surface area contributed by atoms with E-state index in [0.29, 0.717) is 12.1 Å². The van der Waals surface area contributed by atoms with E-state index in [9.17, 15) is 8.42 Å². The van der Waals surface area contributed by atoms with E-state index in [2.05, 4.69) is 32.1 Å². The SMILES string of the molecule is CCCNCc1ccccc1S(=O)(=O)Nc1nccnn1. The highest BCUT2D eigenvalue weighted by molar-refractivity contribution is 7.92. The molecule has 0 spiro atoms. The van der Waals surface area contributed by atoms with Crippen LogP contribution in [0.25, 0.3) is 0 Å². The Morgan fingerprint density at radius 2 is 2.00 bits per heavy atom. The first-order valence-electron chi connectivity index (χ1n) is 6.58. The lowest BCUT2D eigenvalue weighted by Crippen LogP contribution is -2.20. The Balaban J connectivity index is 2.23. The smallest absolute Gasteiger partial charge is 0.264 e. The van der Waals surface area contributed by atoms with Gasteiger partial charge in [0.2, 0.25) is 0 Å². The largest absolute Gasteiger partial charge is 0.313 e. The van der Waals surface area contributed by atoms with Crippen LogP contribution in [-0.4, -0.2) is 30.1 Å². The van der Waals surface area contributed by atoms with Crippen LogP contribution in [0.4, 0.5) is 5.95 Å². The van der Waals surface area contributed by atoms with E-state index < -0.39 is 10.0 Å². The van der Waals surface area contributed by atoms with Crippen molar-refractivity contribution in [2.24, 2.45) is 0 Å². The first-order valence-corrected chi connectivity index (χ1v) is 8.07. The molecule has 0 saturated carbocycles. The summed E-state index contributed by atoms with van der Waals surface area (Å²) < 4.78 is 27.1. The lowest BCUT2D eigenvalue weighted by molar-refractivity contribution is 0.597. The molecule has 0 unspecified atom stereocenters. The Bertz CT molecular complexity index is 676. The highest BCUT2D eigenvalue weighted by Gasteiger charge is 2.19. The molecule has 1 aromatic carbocycles. The number of anilines is 1. The second-order valence-electron chi connectivity index (χ2n) is 4.36. The maximum absolute atomic E-state index is 12.4. The third-order valence-electron chi connectivity index (χ3n) is 2.71. The monoisotopic (exact) mass is 307 g/mol. The topological polar surface area (TPSA) is 96.9 Å². The van der Waals surface area contributed by atoms with Crippen molar-refractivity contribution in [3.63, 3.8) is 0 Å². The van der Waals surface area contributed by atoms with Gasteiger partial charge in [-0.1, -0.05) is 25.1 Å². The summed E-state index contributed by atoms with van der Waals surface area (Å²) >= 11 is 0. The van der Waals surface area contributed by atoms with Gasteiger partial charge in [0.25, 0.3) is 16.0 Å². The van der Waals surface area contributed by atoms with Crippen LogP contribution in [0, 0.1) is 0 Å². The molecule has 1 heterocycles. The molecule has 1 aromatic heterocycles. The Hall–Kier alpha value is -2.06. The van der Waals surface area contributed by atoms with Crippen LogP contribution >= 0.6 is 0 Å². The van der Waals surface area contributed by atoms with Crippen molar-refractivity contribution in [3.05, 3.63) is 42.2 Å². The van der Waals surface area contributed by atoms with Crippen LogP contribution in [-0.2, 0) is 16.6 Å². The van der Waals surface area contributed by atoms with Gasteiger partial charge in [-0.25, -0.2) is 18.1 Å². The first-order chi connectivity index (χ1) is 10.1. The van der Waals surface area contributed by atoms with Gasteiger partial charge in [0.1, 0.15) is 0 Å². The Morgan fingerprint density at radius 1 is 1.19 bits per heavy atom. The lowest BCUT2D eigenvalue weighted by atomic mass is 10.2. The molecule has 0 radical (unpaired) electrons. The second kappa shape index (κ2) is 7.09. The average Bonchev–Trinajstić information content (AvgIpc) is 2.48. The molecule has 0 fully saturated rings. The minimum atomic E-state index is -3.74. The van der Waals surface area contributed by atoms with E-state index in [4.69, 9.17) is 0 Å². The fraction of sp³-hybridized carbons (Fsp3) is 0.308. The summed E-state index contributed by atoms with van der Waals surface area (Å²) in [6.07, 6.45) is 3.73. The van der Waals surface area contributed by atoms with Crippen molar-refractivity contribution in [2.45, 2.75) is 24.8 Å². The number of benzene rings is 1. The molecule has 0 aliphatic heterocycles. The van der Waals surface area contributed by atoms with E-state index in [0.717, 1.165) is 13.0 Å². The number of hydrogen-bond acceptors (Lipinski definition) is 6. The predicted octanol–water partition coefficient (Wildman–Crippen LogP) is 1.17. The van der Waals surface area contributed by atoms with Gasteiger partial charge in [-0.3, -0.25) is 0 Å². The van der Waals surface area contributed by atoms with Gasteiger partial charge in [0.05, 0.1) is 17.3 Å². The fourth-order valence-electron chi connectivity index (χ4n) is 1.78. The second-order valence-corrected chi connectivity index (χ2v) is 6.01. The quantitative estimate of drug-likeness (QED) is 0.745. The number of sulfonamides is 1. The van der Waals surface area contributed by atoms with Crippen LogP contribution in [0.3, 0.4) is 0 Å². The van der Waals surface area contributed by atoms with Crippen molar-refractivity contribution in [3.8, 4) is 0 Å². The summed E-state index contributed by atoms with van der Waals surface area (Å²) in [6, 6.07) is 6.83. The normalized spacial score (nSPS) is 11.3. The predicted molar refractivity (Wildman–Crippen MR) is 79.1 cm³/mol. The third-order valence-corrected chi connectivity index (χ3v) is 4.14. The van der Waals surface area contributed by atoms with Crippen molar-refractivity contribution in [2.75, 3.05) is 11.3 Å². The molecule has 8 heteroatoms. The summed E-state index contributed by atoms with van der Waals surface area (Å²) in [7, 11) is -3.74. The summed E-state index contributed by atoms with van der Waals surface area (Å²) in [4.78, 5) is 4.02. The van der Waals surface area contributed by atoms with Crippen molar-refractivity contribution in [1.29, 1.82) is 0 Å². The van der Waals surface area contributed by atoms with E-state index in [1.807, 2.05) is 6.07 Å². The third kappa shape index (κ3) is 4.20. The van der Waals surface area contributed by atoms with Crippen molar-refractivity contribution >= 4 is 16.0 Å². The molecule has 7 nitrogen and oxygen atoms in total. The van der Waals surface area contributed by atoms with Crippen LogP contribution in [0.15, 0.2) is 41.6 Å². The van der Waals surface area contributed by atoms with Gasteiger partial charge in [0, 0.05) is 6.54 Å². The van der Waals surface area contributed by atoms with E-state index in [1.54, 1.807) is 18.2 Å². The Labute approximate surface area is 123 Å².